The van der Waals surface area contributed by atoms with Gasteiger partial charge in [-0.2, -0.15) is 4.31 Å². The molecule has 2 aromatic rings. The molecule has 0 aliphatic carbocycles. The Bertz CT molecular complexity index is 965. The van der Waals surface area contributed by atoms with E-state index in [0.717, 1.165) is 18.8 Å². The molecule has 29 heavy (non-hydrogen) atoms. The monoisotopic (exact) mass is 418 g/mol. The Kier molecular flexibility index (Phi) is 5.62. The molecule has 0 saturated carbocycles. The van der Waals surface area contributed by atoms with Crippen LogP contribution in [0.15, 0.2) is 41.4 Å². The molecule has 4 rings (SSSR count). The normalized spacial score (nSPS) is 20.7. The fraction of sp³-hybridized carbons (Fsp3) is 0.450. The first kappa shape index (κ1) is 19.9. The molecule has 156 valence electrons. The number of H-pyrrole nitrogens is 1. The van der Waals surface area contributed by atoms with Gasteiger partial charge < -0.3 is 19.9 Å². The number of carbonyl (C=O) groups is 1. The summed E-state index contributed by atoms with van der Waals surface area (Å²) in [5, 5.41) is 2.81. The van der Waals surface area contributed by atoms with Crippen molar-refractivity contribution in [3.05, 3.63) is 42.2 Å². The third-order valence-electron chi connectivity index (χ3n) is 5.42. The van der Waals surface area contributed by atoms with Gasteiger partial charge in [-0.15, -0.1) is 0 Å². The summed E-state index contributed by atoms with van der Waals surface area (Å²) in [5.41, 5.74) is 2.01. The zero-order valence-electron chi connectivity index (χ0n) is 16.4. The number of rotatable bonds is 5. The van der Waals surface area contributed by atoms with E-state index in [1.807, 2.05) is 24.3 Å². The Labute approximate surface area is 170 Å². The molecule has 8 nitrogen and oxygen atoms in total. The number of hydrogen-bond acceptors (Lipinski definition) is 5. The van der Waals surface area contributed by atoms with Gasteiger partial charge in [-0.05, 0) is 42.7 Å². The predicted molar refractivity (Wildman–Crippen MR) is 111 cm³/mol. The van der Waals surface area contributed by atoms with E-state index in [-0.39, 0.29) is 16.5 Å². The smallest absolute Gasteiger partial charge is 0.272 e. The first-order chi connectivity index (χ1) is 13.9. The molecule has 1 unspecified atom stereocenters. The molecule has 0 spiro atoms. The number of aromatic amines is 1. The Balaban J connectivity index is 1.41. The number of hydrogen-bond donors (Lipinski definition) is 2. The Morgan fingerprint density at radius 3 is 2.55 bits per heavy atom. The van der Waals surface area contributed by atoms with Crippen LogP contribution >= 0.6 is 0 Å². The Morgan fingerprint density at radius 1 is 1.17 bits per heavy atom. The minimum Gasteiger partial charge on any atom is -0.379 e. The van der Waals surface area contributed by atoms with Crippen molar-refractivity contribution in [2.45, 2.75) is 18.2 Å². The van der Waals surface area contributed by atoms with Crippen LogP contribution < -0.4 is 10.2 Å². The van der Waals surface area contributed by atoms with Gasteiger partial charge in [-0.25, -0.2) is 8.42 Å². The van der Waals surface area contributed by atoms with Crippen molar-refractivity contribution in [3.8, 4) is 0 Å². The van der Waals surface area contributed by atoms with E-state index in [1.54, 1.807) is 0 Å². The van der Waals surface area contributed by atoms with Gasteiger partial charge in [0.2, 0.25) is 10.0 Å². The maximum atomic E-state index is 12.7. The van der Waals surface area contributed by atoms with Crippen LogP contribution in [-0.4, -0.2) is 63.0 Å². The van der Waals surface area contributed by atoms with Crippen LogP contribution in [0, 0.1) is 5.92 Å². The first-order valence-corrected chi connectivity index (χ1v) is 11.3. The summed E-state index contributed by atoms with van der Waals surface area (Å²) in [7, 11) is -3.63. The molecule has 1 amide bonds. The van der Waals surface area contributed by atoms with Gasteiger partial charge in [0.1, 0.15) is 10.6 Å². The molecular formula is C20H26N4O4S. The van der Waals surface area contributed by atoms with Crippen LogP contribution in [0.5, 0.6) is 0 Å². The number of benzene rings is 1. The average molecular weight is 419 g/mol. The molecule has 2 saturated heterocycles. The lowest BCUT2D eigenvalue weighted by Gasteiger charge is -2.25. The van der Waals surface area contributed by atoms with Crippen LogP contribution in [0.3, 0.4) is 0 Å². The van der Waals surface area contributed by atoms with Crippen molar-refractivity contribution in [1.82, 2.24) is 9.29 Å². The molecule has 2 fully saturated rings. The zero-order valence-corrected chi connectivity index (χ0v) is 17.2. The predicted octanol–water partition coefficient (Wildman–Crippen LogP) is 2.13. The van der Waals surface area contributed by atoms with Crippen LogP contribution in [0.1, 0.15) is 23.8 Å². The third-order valence-corrected chi connectivity index (χ3v) is 7.30. The van der Waals surface area contributed by atoms with E-state index in [4.69, 9.17) is 4.74 Å². The number of ether oxygens (including phenoxy) is 1. The summed E-state index contributed by atoms with van der Waals surface area (Å²) in [6.07, 6.45) is 2.55. The summed E-state index contributed by atoms with van der Waals surface area (Å²) in [6.45, 7) is 5.74. The molecule has 1 aromatic carbocycles. The molecule has 1 atom stereocenters. The summed E-state index contributed by atoms with van der Waals surface area (Å²) < 4.78 is 31.9. The lowest BCUT2D eigenvalue weighted by molar-refractivity contribution is 0.0730. The molecule has 2 N–H and O–H groups in total. The molecular weight excluding hydrogens is 392 g/mol. The number of carbonyl (C=O) groups excluding carboxylic acids is 1. The molecule has 3 heterocycles. The number of aromatic nitrogens is 1. The van der Waals surface area contributed by atoms with Gasteiger partial charge in [-0.1, -0.05) is 6.92 Å². The zero-order chi connectivity index (χ0) is 20.4. The summed E-state index contributed by atoms with van der Waals surface area (Å²) in [6, 6.07) is 9.10. The lowest BCUT2D eigenvalue weighted by Crippen LogP contribution is -2.40. The molecule has 9 heteroatoms. The number of anilines is 2. The van der Waals surface area contributed by atoms with Crippen molar-refractivity contribution in [1.29, 1.82) is 0 Å². The fourth-order valence-electron chi connectivity index (χ4n) is 3.71. The van der Waals surface area contributed by atoms with Gasteiger partial charge in [0.05, 0.1) is 13.2 Å². The molecule has 0 bridgehead atoms. The minimum absolute atomic E-state index is 0.0862. The molecule has 1 aromatic heterocycles. The third kappa shape index (κ3) is 4.31. The van der Waals surface area contributed by atoms with Gasteiger partial charge in [-0.3, -0.25) is 4.79 Å². The van der Waals surface area contributed by atoms with Gasteiger partial charge in [0.15, 0.2) is 0 Å². The van der Waals surface area contributed by atoms with Crippen molar-refractivity contribution in [2.75, 3.05) is 49.6 Å². The Morgan fingerprint density at radius 2 is 1.90 bits per heavy atom. The maximum absolute atomic E-state index is 12.7. The van der Waals surface area contributed by atoms with Gasteiger partial charge >= 0.3 is 0 Å². The van der Waals surface area contributed by atoms with Crippen molar-refractivity contribution < 1.29 is 17.9 Å². The van der Waals surface area contributed by atoms with Crippen molar-refractivity contribution in [2.24, 2.45) is 5.92 Å². The van der Waals surface area contributed by atoms with E-state index in [9.17, 15) is 13.2 Å². The highest BCUT2D eigenvalue weighted by Crippen LogP contribution is 2.25. The number of nitrogens with zero attached hydrogens (tertiary/aromatic N) is 2. The minimum atomic E-state index is -3.63. The van der Waals surface area contributed by atoms with E-state index in [0.29, 0.717) is 37.9 Å². The lowest BCUT2D eigenvalue weighted by atomic mass is 10.2. The number of sulfonamides is 1. The largest absolute Gasteiger partial charge is 0.379 e. The fourth-order valence-corrected chi connectivity index (χ4v) is 5.12. The Hall–Kier alpha value is -2.36. The van der Waals surface area contributed by atoms with Crippen molar-refractivity contribution >= 4 is 27.3 Å². The number of morpholine rings is 1. The summed E-state index contributed by atoms with van der Waals surface area (Å²) in [4.78, 5) is 17.7. The molecule has 0 radical (unpaired) electrons. The SMILES string of the molecule is CC1CCN(c2ccc(NC(=O)c3cc(S(=O)(=O)N4CCOCC4)c[nH]3)cc2)C1. The highest BCUT2D eigenvalue weighted by molar-refractivity contribution is 7.89. The standard InChI is InChI=1S/C20H26N4O4S/c1-15-6-7-23(14-15)17-4-2-16(3-5-17)22-20(25)19-12-18(13-21-19)29(26,27)24-8-10-28-11-9-24/h2-5,12-13,15,21H,6-11,14H2,1H3,(H,22,25). The second-order valence-corrected chi connectivity index (χ2v) is 9.54. The average Bonchev–Trinajstić information content (AvgIpc) is 3.39. The van der Waals surface area contributed by atoms with Crippen LogP contribution in [0.4, 0.5) is 11.4 Å². The molecule has 2 aliphatic heterocycles. The van der Waals surface area contributed by atoms with Gasteiger partial charge in [0, 0.05) is 43.8 Å². The summed E-state index contributed by atoms with van der Waals surface area (Å²) in [5.74, 6) is 0.321. The van der Waals surface area contributed by atoms with Crippen LogP contribution in [-0.2, 0) is 14.8 Å². The van der Waals surface area contributed by atoms with E-state index < -0.39 is 10.0 Å². The van der Waals surface area contributed by atoms with E-state index in [1.165, 1.54) is 23.0 Å². The summed E-state index contributed by atoms with van der Waals surface area (Å²) >= 11 is 0. The number of amides is 1. The first-order valence-electron chi connectivity index (χ1n) is 9.86. The van der Waals surface area contributed by atoms with E-state index >= 15 is 0 Å². The highest BCUT2D eigenvalue weighted by atomic mass is 32.2. The van der Waals surface area contributed by atoms with Crippen LogP contribution in [0.25, 0.3) is 0 Å². The van der Waals surface area contributed by atoms with E-state index in [2.05, 4.69) is 22.1 Å². The quantitative estimate of drug-likeness (QED) is 0.776. The molecule has 2 aliphatic rings. The van der Waals surface area contributed by atoms with Crippen molar-refractivity contribution in [3.63, 3.8) is 0 Å². The van der Waals surface area contributed by atoms with Crippen LogP contribution in [0.2, 0.25) is 0 Å². The second-order valence-electron chi connectivity index (χ2n) is 7.61. The second kappa shape index (κ2) is 8.17. The highest BCUT2D eigenvalue weighted by Gasteiger charge is 2.28. The number of nitrogens with one attached hydrogen (secondary N) is 2. The van der Waals surface area contributed by atoms with Gasteiger partial charge in [0.25, 0.3) is 5.91 Å². The topological polar surface area (TPSA) is 94.7 Å². The maximum Gasteiger partial charge on any atom is 0.272 e.